The maximum Gasteiger partial charge on any atom is 0.225 e. The van der Waals surface area contributed by atoms with Crippen LogP contribution in [0, 0.1) is 5.92 Å². The van der Waals surface area contributed by atoms with Crippen LogP contribution in [-0.4, -0.2) is 61.4 Å². The normalized spacial score (nSPS) is 14.2. The molecule has 0 unspecified atom stereocenters. The summed E-state index contributed by atoms with van der Waals surface area (Å²) in [5.74, 6) is 2.60. The van der Waals surface area contributed by atoms with E-state index in [1.165, 1.54) is 0 Å². The Morgan fingerprint density at radius 2 is 1.66 bits per heavy atom. The van der Waals surface area contributed by atoms with Gasteiger partial charge in [-0.2, -0.15) is 0 Å². The number of methoxy groups -OCH3 is 2. The number of anilines is 1. The summed E-state index contributed by atoms with van der Waals surface area (Å²) in [5, 5.41) is 8.81. The maximum absolute atomic E-state index is 12.6. The zero-order valence-corrected chi connectivity index (χ0v) is 17.7. The summed E-state index contributed by atoms with van der Waals surface area (Å²) in [6.07, 6.45) is 1.80. The molecule has 1 aromatic heterocycles. The second-order valence-electron chi connectivity index (χ2n) is 7.17. The van der Waals surface area contributed by atoms with Crippen molar-refractivity contribution >= 4 is 11.7 Å². The van der Waals surface area contributed by atoms with Crippen LogP contribution in [0.1, 0.15) is 26.7 Å². The molecule has 0 radical (unpaired) electrons. The van der Waals surface area contributed by atoms with E-state index in [1.54, 1.807) is 14.2 Å². The molecule has 1 aliphatic heterocycles. The van der Waals surface area contributed by atoms with Gasteiger partial charge in [0.1, 0.15) is 0 Å². The van der Waals surface area contributed by atoms with Crippen LogP contribution < -0.4 is 14.4 Å². The number of hydrogen-bond donors (Lipinski definition) is 0. The molecule has 0 bridgehead atoms. The number of hydrogen-bond acceptors (Lipinski definition) is 6. The first kappa shape index (κ1) is 20.9. The Balaban J connectivity index is 1.65. The largest absolute Gasteiger partial charge is 0.493 e. The Hall–Kier alpha value is -2.83. The molecule has 1 aliphatic rings. The molecule has 1 amide bonds. The molecular weight excluding hydrogens is 368 g/mol. The second kappa shape index (κ2) is 9.58. The third-order valence-electron chi connectivity index (χ3n) is 5.58. The molecule has 7 nitrogen and oxygen atoms in total. The molecular formula is C22H30N4O3. The number of ether oxygens (including phenoxy) is 2. The maximum atomic E-state index is 12.6. The fourth-order valence-electron chi connectivity index (χ4n) is 3.70. The molecule has 7 heteroatoms. The van der Waals surface area contributed by atoms with Crippen LogP contribution in [0.5, 0.6) is 11.5 Å². The van der Waals surface area contributed by atoms with Crippen molar-refractivity contribution in [2.75, 3.05) is 45.3 Å². The van der Waals surface area contributed by atoms with E-state index in [9.17, 15) is 4.79 Å². The van der Waals surface area contributed by atoms with Gasteiger partial charge < -0.3 is 19.3 Å². The first-order valence-electron chi connectivity index (χ1n) is 10.2. The number of rotatable bonds is 7. The van der Waals surface area contributed by atoms with Crippen LogP contribution in [0.15, 0.2) is 30.3 Å². The third-order valence-corrected chi connectivity index (χ3v) is 5.58. The highest BCUT2D eigenvalue weighted by atomic mass is 16.5. The summed E-state index contributed by atoms with van der Waals surface area (Å²) in [6.45, 7) is 7.17. The minimum absolute atomic E-state index is 0.141. The molecule has 3 rings (SSSR count). The topological polar surface area (TPSA) is 67.8 Å². The van der Waals surface area contributed by atoms with E-state index in [-0.39, 0.29) is 11.8 Å². The van der Waals surface area contributed by atoms with Crippen molar-refractivity contribution in [1.29, 1.82) is 0 Å². The SMILES string of the molecule is CCC(CC)C(=O)N1CCN(c2ccc(-c3ccc(OC)c(OC)c3)nn2)CC1. The van der Waals surface area contributed by atoms with Crippen LogP contribution in [0.3, 0.4) is 0 Å². The first-order chi connectivity index (χ1) is 14.1. The van der Waals surface area contributed by atoms with Gasteiger partial charge in [-0.05, 0) is 43.2 Å². The summed E-state index contributed by atoms with van der Waals surface area (Å²) in [7, 11) is 3.23. The molecule has 1 fully saturated rings. The molecule has 1 aromatic carbocycles. The summed E-state index contributed by atoms with van der Waals surface area (Å²) >= 11 is 0. The number of aromatic nitrogens is 2. The smallest absolute Gasteiger partial charge is 0.225 e. The molecule has 0 spiro atoms. The predicted octanol–water partition coefficient (Wildman–Crippen LogP) is 3.25. The molecule has 2 heterocycles. The Kier molecular flexibility index (Phi) is 6.90. The fraction of sp³-hybridized carbons (Fsp3) is 0.500. The van der Waals surface area contributed by atoms with E-state index >= 15 is 0 Å². The van der Waals surface area contributed by atoms with Crippen LogP contribution in [0.25, 0.3) is 11.3 Å². The molecule has 0 atom stereocenters. The van der Waals surface area contributed by atoms with Gasteiger partial charge in [0, 0.05) is 37.7 Å². The van der Waals surface area contributed by atoms with Gasteiger partial charge in [0.25, 0.3) is 0 Å². The Morgan fingerprint density at radius 1 is 0.966 bits per heavy atom. The summed E-state index contributed by atoms with van der Waals surface area (Å²) in [4.78, 5) is 16.7. The molecule has 156 valence electrons. The van der Waals surface area contributed by atoms with Crippen molar-refractivity contribution < 1.29 is 14.3 Å². The monoisotopic (exact) mass is 398 g/mol. The van der Waals surface area contributed by atoms with Gasteiger partial charge in [0.2, 0.25) is 5.91 Å². The van der Waals surface area contributed by atoms with Crippen molar-refractivity contribution in [2.24, 2.45) is 5.92 Å². The summed E-state index contributed by atoms with van der Waals surface area (Å²) in [5.41, 5.74) is 1.69. The van der Waals surface area contributed by atoms with E-state index in [4.69, 9.17) is 9.47 Å². The minimum Gasteiger partial charge on any atom is -0.493 e. The van der Waals surface area contributed by atoms with Crippen molar-refractivity contribution in [1.82, 2.24) is 15.1 Å². The number of piperazine rings is 1. The lowest BCUT2D eigenvalue weighted by Gasteiger charge is -2.36. The molecule has 0 N–H and O–H groups in total. The summed E-state index contributed by atoms with van der Waals surface area (Å²) < 4.78 is 10.7. The molecule has 0 aliphatic carbocycles. The van der Waals surface area contributed by atoms with Crippen LogP contribution in [0.2, 0.25) is 0 Å². The lowest BCUT2D eigenvalue weighted by molar-refractivity contribution is -0.136. The number of amides is 1. The van der Waals surface area contributed by atoms with E-state index in [0.29, 0.717) is 11.5 Å². The van der Waals surface area contributed by atoms with Gasteiger partial charge in [-0.3, -0.25) is 4.79 Å². The van der Waals surface area contributed by atoms with E-state index in [2.05, 4.69) is 28.9 Å². The van der Waals surface area contributed by atoms with Gasteiger partial charge in [-0.1, -0.05) is 13.8 Å². The zero-order valence-electron chi connectivity index (χ0n) is 17.7. The average Bonchev–Trinajstić information content (AvgIpc) is 2.79. The second-order valence-corrected chi connectivity index (χ2v) is 7.17. The number of nitrogens with zero attached hydrogens (tertiary/aromatic N) is 4. The highest BCUT2D eigenvalue weighted by Crippen LogP contribution is 2.31. The first-order valence-corrected chi connectivity index (χ1v) is 10.2. The van der Waals surface area contributed by atoms with Crippen molar-refractivity contribution in [2.45, 2.75) is 26.7 Å². The van der Waals surface area contributed by atoms with E-state index < -0.39 is 0 Å². The van der Waals surface area contributed by atoms with Crippen molar-refractivity contribution in [3.05, 3.63) is 30.3 Å². The predicted molar refractivity (Wildman–Crippen MR) is 113 cm³/mol. The lowest BCUT2D eigenvalue weighted by Crippen LogP contribution is -2.50. The van der Waals surface area contributed by atoms with Gasteiger partial charge in [-0.15, -0.1) is 10.2 Å². The fourth-order valence-corrected chi connectivity index (χ4v) is 3.70. The van der Waals surface area contributed by atoms with E-state index in [1.807, 2.05) is 35.2 Å². The van der Waals surface area contributed by atoms with Crippen LogP contribution in [0.4, 0.5) is 5.82 Å². The lowest BCUT2D eigenvalue weighted by atomic mass is 10.0. The Bertz CT molecular complexity index is 813. The number of benzene rings is 1. The van der Waals surface area contributed by atoms with E-state index in [0.717, 1.165) is 56.1 Å². The zero-order chi connectivity index (χ0) is 20.8. The molecule has 0 saturated carbocycles. The molecule has 1 saturated heterocycles. The van der Waals surface area contributed by atoms with Gasteiger partial charge in [-0.25, -0.2) is 0 Å². The quantitative estimate of drug-likeness (QED) is 0.713. The van der Waals surface area contributed by atoms with Gasteiger partial charge in [0.05, 0.1) is 19.9 Å². The Labute approximate surface area is 172 Å². The Morgan fingerprint density at radius 3 is 2.21 bits per heavy atom. The standard InChI is InChI=1S/C22H30N4O3/c1-5-16(6-2)22(27)26-13-11-25(12-14-26)21-10-8-18(23-24-21)17-7-9-19(28-3)20(15-17)29-4/h7-10,15-16H,5-6,11-14H2,1-4H3. The average molecular weight is 399 g/mol. The molecule has 29 heavy (non-hydrogen) atoms. The number of carbonyl (C=O) groups is 1. The van der Waals surface area contributed by atoms with Gasteiger partial charge >= 0.3 is 0 Å². The van der Waals surface area contributed by atoms with Crippen LogP contribution in [-0.2, 0) is 4.79 Å². The third kappa shape index (κ3) is 4.60. The minimum atomic E-state index is 0.141. The highest BCUT2D eigenvalue weighted by Gasteiger charge is 2.26. The van der Waals surface area contributed by atoms with Crippen molar-refractivity contribution in [3.63, 3.8) is 0 Å². The number of carbonyl (C=O) groups excluding carboxylic acids is 1. The summed E-state index contributed by atoms with van der Waals surface area (Å²) in [6, 6.07) is 9.64. The van der Waals surface area contributed by atoms with Crippen LogP contribution >= 0.6 is 0 Å². The van der Waals surface area contributed by atoms with Crippen molar-refractivity contribution in [3.8, 4) is 22.8 Å². The molecule has 2 aromatic rings. The highest BCUT2D eigenvalue weighted by molar-refractivity contribution is 5.79. The van der Waals surface area contributed by atoms with Gasteiger partial charge in [0.15, 0.2) is 17.3 Å².